The summed E-state index contributed by atoms with van der Waals surface area (Å²) in [6.45, 7) is 9.31. The number of hydrogen-bond acceptors (Lipinski definition) is 4. The van der Waals surface area contributed by atoms with Crippen LogP contribution in [0.15, 0.2) is 35.3 Å². The molecule has 0 amide bonds. The van der Waals surface area contributed by atoms with Gasteiger partial charge in [-0.05, 0) is 25.3 Å². The number of nitrogens with zero attached hydrogens (tertiary/aromatic N) is 3. The summed E-state index contributed by atoms with van der Waals surface area (Å²) in [4.78, 5) is 9.83. The number of fused-ring (bicyclic) bond motifs is 1. The van der Waals surface area contributed by atoms with Crippen molar-refractivity contribution in [2.75, 3.05) is 45.9 Å². The zero-order valence-electron chi connectivity index (χ0n) is 16.8. The van der Waals surface area contributed by atoms with Gasteiger partial charge in [0.2, 0.25) is 0 Å². The molecule has 28 heavy (non-hydrogen) atoms. The third kappa shape index (κ3) is 5.37. The first kappa shape index (κ1) is 21.8. The van der Waals surface area contributed by atoms with Crippen molar-refractivity contribution >= 4 is 29.9 Å². The first-order valence-electron chi connectivity index (χ1n) is 10.4. The lowest BCUT2D eigenvalue weighted by Gasteiger charge is -2.36. The Kier molecular flexibility index (Phi) is 8.37. The number of hydrogen-bond donors (Lipinski definition) is 1. The van der Waals surface area contributed by atoms with Crippen molar-refractivity contribution in [3.8, 4) is 0 Å². The summed E-state index contributed by atoms with van der Waals surface area (Å²) in [7, 11) is 0. The number of benzene rings is 1. The van der Waals surface area contributed by atoms with E-state index in [2.05, 4.69) is 52.4 Å². The number of halogens is 1. The Morgan fingerprint density at radius 2 is 2.04 bits per heavy atom. The van der Waals surface area contributed by atoms with Crippen LogP contribution in [0.1, 0.15) is 25.3 Å². The zero-order valence-corrected chi connectivity index (χ0v) is 19.1. The molecule has 4 rings (SSSR count). The van der Waals surface area contributed by atoms with E-state index in [9.17, 15) is 0 Å². The minimum absolute atomic E-state index is 0. The van der Waals surface area contributed by atoms with Gasteiger partial charge in [0.1, 0.15) is 0 Å². The number of morpholine rings is 1. The molecule has 0 aliphatic carbocycles. The number of rotatable bonds is 5. The summed E-state index contributed by atoms with van der Waals surface area (Å²) in [6.07, 6.45) is 2.83. The third-order valence-corrected chi connectivity index (χ3v) is 5.75. The molecule has 0 spiro atoms. The van der Waals surface area contributed by atoms with Gasteiger partial charge in [-0.25, -0.2) is 0 Å². The molecular formula is C21H33IN4O2. The van der Waals surface area contributed by atoms with Crippen LogP contribution < -0.4 is 5.32 Å². The minimum Gasteiger partial charge on any atom is -0.376 e. The molecule has 3 unspecified atom stereocenters. The Bertz CT molecular complexity index is 624. The van der Waals surface area contributed by atoms with Crippen molar-refractivity contribution in [1.29, 1.82) is 0 Å². The minimum atomic E-state index is 0. The number of aliphatic imine (C=N–C) groups is 1. The summed E-state index contributed by atoms with van der Waals surface area (Å²) >= 11 is 0. The van der Waals surface area contributed by atoms with E-state index in [1.165, 1.54) is 5.56 Å². The highest BCUT2D eigenvalue weighted by Crippen LogP contribution is 2.25. The fourth-order valence-corrected chi connectivity index (χ4v) is 4.35. The predicted octanol–water partition coefficient (Wildman–Crippen LogP) is 2.33. The summed E-state index contributed by atoms with van der Waals surface area (Å²) in [5.41, 5.74) is 1.37. The molecule has 3 aliphatic rings. The van der Waals surface area contributed by atoms with Crippen LogP contribution in [0, 0.1) is 0 Å². The van der Waals surface area contributed by atoms with Crippen LogP contribution in [-0.4, -0.2) is 79.9 Å². The van der Waals surface area contributed by atoms with Crippen molar-refractivity contribution < 1.29 is 9.47 Å². The van der Waals surface area contributed by atoms with Gasteiger partial charge >= 0.3 is 0 Å². The van der Waals surface area contributed by atoms with Gasteiger partial charge in [-0.2, -0.15) is 0 Å². The van der Waals surface area contributed by atoms with Gasteiger partial charge in [0.25, 0.3) is 0 Å². The number of guanidine groups is 1. The number of nitrogens with one attached hydrogen (secondary N) is 1. The Labute approximate surface area is 185 Å². The van der Waals surface area contributed by atoms with E-state index in [0.29, 0.717) is 6.04 Å². The Balaban J connectivity index is 0.00000225. The number of likely N-dealkylation sites (tertiary alicyclic amines) is 1. The first-order valence-corrected chi connectivity index (χ1v) is 10.4. The summed E-state index contributed by atoms with van der Waals surface area (Å²) in [5, 5.41) is 3.47. The molecular weight excluding hydrogens is 467 g/mol. The van der Waals surface area contributed by atoms with Crippen LogP contribution in [0.3, 0.4) is 0 Å². The molecule has 0 radical (unpaired) electrons. The zero-order chi connectivity index (χ0) is 18.5. The van der Waals surface area contributed by atoms with Crippen LogP contribution in [0.5, 0.6) is 0 Å². The molecule has 1 aromatic rings. The van der Waals surface area contributed by atoms with Crippen LogP contribution in [-0.2, 0) is 16.0 Å². The van der Waals surface area contributed by atoms with Gasteiger partial charge in [-0.15, -0.1) is 24.0 Å². The quantitative estimate of drug-likeness (QED) is 0.382. The Morgan fingerprint density at radius 1 is 1.18 bits per heavy atom. The van der Waals surface area contributed by atoms with Crippen LogP contribution in [0.2, 0.25) is 0 Å². The highest BCUT2D eigenvalue weighted by atomic mass is 127. The summed E-state index contributed by atoms with van der Waals surface area (Å²) in [6, 6.07) is 11.2. The SMILES string of the molecule is CCNC(=NCC1CCCO1)N1CC2OCCN(Cc3ccccc3)C2C1.I. The average molecular weight is 500 g/mol. The maximum atomic E-state index is 6.12. The van der Waals surface area contributed by atoms with E-state index in [0.717, 1.165) is 71.3 Å². The highest BCUT2D eigenvalue weighted by Gasteiger charge is 2.41. The fraction of sp³-hybridized carbons (Fsp3) is 0.667. The lowest BCUT2D eigenvalue weighted by Crippen LogP contribution is -2.50. The van der Waals surface area contributed by atoms with Crippen molar-refractivity contribution in [1.82, 2.24) is 15.1 Å². The van der Waals surface area contributed by atoms with Gasteiger partial charge in [-0.1, -0.05) is 30.3 Å². The number of ether oxygens (including phenoxy) is 2. The van der Waals surface area contributed by atoms with Gasteiger partial charge in [0.15, 0.2) is 5.96 Å². The molecule has 7 heteroatoms. The van der Waals surface area contributed by atoms with E-state index < -0.39 is 0 Å². The average Bonchev–Trinajstić information content (AvgIpc) is 3.36. The van der Waals surface area contributed by atoms with E-state index in [-0.39, 0.29) is 36.2 Å². The summed E-state index contributed by atoms with van der Waals surface area (Å²) in [5.74, 6) is 1.01. The van der Waals surface area contributed by atoms with Crippen LogP contribution in [0.4, 0.5) is 0 Å². The van der Waals surface area contributed by atoms with Crippen LogP contribution in [0.25, 0.3) is 0 Å². The normalized spacial score (nSPS) is 28.1. The van der Waals surface area contributed by atoms with Crippen molar-refractivity contribution in [3.05, 3.63) is 35.9 Å². The molecule has 156 valence electrons. The molecule has 1 aromatic carbocycles. The predicted molar refractivity (Wildman–Crippen MR) is 122 cm³/mol. The van der Waals surface area contributed by atoms with E-state index in [4.69, 9.17) is 14.5 Å². The molecule has 3 saturated heterocycles. The van der Waals surface area contributed by atoms with Crippen LogP contribution >= 0.6 is 24.0 Å². The molecule has 3 heterocycles. The second-order valence-electron chi connectivity index (χ2n) is 7.67. The van der Waals surface area contributed by atoms with Gasteiger partial charge in [0, 0.05) is 39.3 Å². The van der Waals surface area contributed by atoms with Crippen molar-refractivity contribution in [2.24, 2.45) is 4.99 Å². The summed E-state index contributed by atoms with van der Waals surface area (Å²) < 4.78 is 11.9. The van der Waals surface area contributed by atoms with Crippen molar-refractivity contribution in [3.63, 3.8) is 0 Å². The van der Waals surface area contributed by atoms with Crippen molar-refractivity contribution in [2.45, 2.75) is 44.6 Å². The fourth-order valence-electron chi connectivity index (χ4n) is 4.35. The molecule has 0 saturated carbocycles. The molecule has 3 atom stereocenters. The first-order chi connectivity index (χ1) is 13.3. The van der Waals surface area contributed by atoms with Gasteiger partial charge in [0.05, 0.1) is 31.4 Å². The molecule has 6 nitrogen and oxygen atoms in total. The van der Waals surface area contributed by atoms with E-state index in [1.807, 2.05) is 0 Å². The second-order valence-corrected chi connectivity index (χ2v) is 7.67. The van der Waals surface area contributed by atoms with E-state index >= 15 is 0 Å². The topological polar surface area (TPSA) is 49.3 Å². The molecule has 1 N–H and O–H groups in total. The highest BCUT2D eigenvalue weighted by molar-refractivity contribution is 14.0. The maximum Gasteiger partial charge on any atom is 0.194 e. The molecule has 0 bridgehead atoms. The second kappa shape index (κ2) is 10.8. The maximum absolute atomic E-state index is 6.12. The molecule has 3 fully saturated rings. The van der Waals surface area contributed by atoms with E-state index in [1.54, 1.807) is 0 Å². The van der Waals surface area contributed by atoms with Gasteiger partial charge < -0.3 is 19.7 Å². The third-order valence-electron chi connectivity index (χ3n) is 5.75. The van der Waals surface area contributed by atoms with Gasteiger partial charge in [-0.3, -0.25) is 9.89 Å². The lowest BCUT2D eigenvalue weighted by molar-refractivity contribution is -0.0502. The molecule has 3 aliphatic heterocycles. The lowest BCUT2D eigenvalue weighted by atomic mass is 10.1. The smallest absolute Gasteiger partial charge is 0.194 e. The largest absolute Gasteiger partial charge is 0.376 e. The monoisotopic (exact) mass is 500 g/mol. The Hall–Kier alpha value is -0.900. The standard InChI is InChI=1S/C21H32N4O2.HI/c1-2-22-21(23-13-18-9-6-11-26-18)25-15-19-20(16-25)27-12-10-24(19)14-17-7-4-3-5-8-17;/h3-5,7-8,18-20H,2,6,9-16H2,1H3,(H,22,23);1H. The Morgan fingerprint density at radius 3 is 2.79 bits per heavy atom. The molecule has 0 aromatic heterocycles.